The van der Waals surface area contributed by atoms with E-state index in [0.29, 0.717) is 0 Å². The van der Waals surface area contributed by atoms with E-state index in [2.05, 4.69) is 37.6 Å². The second-order valence-electron chi connectivity index (χ2n) is 3.00. The molecule has 0 aliphatic rings. The monoisotopic (exact) mass is 342 g/mol. The molecule has 0 N–H and O–H groups in total. The first-order valence-electron chi connectivity index (χ1n) is 5.08. The summed E-state index contributed by atoms with van der Waals surface area (Å²) >= 11 is -2.01. The van der Waals surface area contributed by atoms with Crippen molar-refractivity contribution in [3.8, 4) is 0 Å². The zero-order valence-electron chi connectivity index (χ0n) is 10.9. The maximum Gasteiger partial charge on any atom is 6.00 e. The van der Waals surface area contributed by atoms with Gasteiger partial charge in [0.25, 0.3) is 0 Å². The van der Waals surface area contributed by atoms with Crippen molar-refractivity contribution in [1.29, 1.82) is 0 Å². The van der Waals surface area contributed by atoms with Gasteiger partial charge in [0.05, 0.1) is 0 Å². The maximum absolute atomic E-state index is 10.5. The molecule has 2 aromatic rings. The molecule has 0 aliphatic carbocycles. The van der Waals surface area contributed by atoms with Gasteiger partial charge in [0, 0.05) is 5.25 Å². The zero-order valence-corrected chi connectivity index (χ0v) is 12.9. The Morgan fingerprint density at radius 2 is 1.57 bits per heavy atom. The molecular formula is C15H10FeO4S. The summed E-state index contributed by atoms with van der Waals surface area (Å²) in [4.78, 5) is 0. The van der Waals surface area contributed by atoms with E-state index in [1.54, 1.807) is 25.1 Å². The van der Waals surface area contributed by atoms with Gasteiger partial charge in [-0.2, -0.15) is 0 Å². The Morgan fingerprint density at radius 3 is 1.86 bits per heavy atom. The van der Waals surface area contributed by atoms with Crippen molar-refractivity contribution in [2.45, 2.75) is 12.2 Å². The Hall–Kier alpha value is -1.32. The van der Waals surface area contributed by atoms with E-state index in [0.717, 1.165) is 5.56 Å². The normalized spacial score (nSPS) is 10.4. The Labute approximate surface area is 138 Å². The molecule has 2 atom stereocenters. The van der Waals surface area contributed by atoms with Crippen LogP contribution in [0, 0.1) is 37.6 Å². The molecule has 0 aliphatic heterocycles. The fourth-order valence-electron chi connectivity index (χ4n) is 1.02. The van der Waals surface area contributed by atoms with Gasteiger partial charge in [-0.15, -0.1) is 0 Å². The van der Waals surface area contributed by atoms with Gasteiger partial charge < -0.3 is 34.9 Å². The summed E-state index contributed by atoms with van der Waals surface area (Å²) in [6.45, 7) is 10.7. The maximum atomic E-state index is 10.5. The summed E-state index contributed by atoms with van der Waals surface area (Å²) in [5.74, 6) is 0. The minimum absolute atomic E-state index is 0. The summed E-state index contributed by atoms with van der Waals surface area (Å²) in [5.41, 5.74) is 0.834. The molecule has 0 saturated carbocycles. The fourth-order valence-corrected chi connectivity index (χ4v) is 1.39. The van der Waals surface area contributed by atoms with Crippen LogP contribution in [0.3, 0.4) is 0 Å². The predicted octanol–water partition coefficient (Wildman–Crippen LogP) is 2.16. The molecule has 21 heavy (non-hydrogen) atoms. The van der Waals surface area contributed by atoms with Gasteiger partial charge in [0.15, 0.2) is 0 Å². The first kappa shape index (κ1) is 24.7. The van der Waals surface area contributed by atoms with Crippen molar-refractivity contribution in [3.05, 3.63) is 79.5 Å². The zero-order chi connectivity index (χ0) is 15.8. The Kier molecular flexibility index (Phi) is 22.0. The molecule has 0 bridgehead atoms. The van der Waals surface area contributed by atoms with Gasteiger partial charge in [-0.05, 0) is 23.6 Å². The van der Waals surface area contributed by atoms with Crippen LogP contribution in [0.1, 0.15) is 17.7 Å². The number of rotatable bonds is 2. The summed E-state index contributed by atoms with van der Waals surface area (Å²) in [6.07, 6.45) is 0. The van der Waals surface area contributed by atoms with E-state index in [9.17, 15) is 8.76 Å². The van der Waals surface area contributed by atoms with E-state index < -0.39 is 16.3 Å². The second kappa shape index (κ2) is 18.7. The Bertz CT molecular complexity index is 457. The van der Waals surface area contributed by atoms with Crippen LogP contribution in [0.2, 0.25) is 0 Å². The first-order valence-corrected chi connectivity index (χ1v) is 6.22. The van der Waals surface area contributed by atoms with Gasteiger partial charge in [0.2, 0.25) is 0 Å². The predicted molar refractivity (Wildman–Crippen MR) is 69.0 cm³/mol. The third-order valence-corrected chi connectivity index (χ3v) is 2.76. The van der Waals surface area contributed by atoms with Gasteiger partial charge in [-0.3, -0.25) is 4.21 Å². The van der Waals surface area contributed by atoms with Crippen LogP contribution < -0.4 is 0 Å². The molecule has 108 valence electrons. The third kappa shape index (κ3) is 13.4. The summed E-state index contributed by atoms with van der Waals surface area (Å²) in [7, 11) is 0. The fraction of sp³-hybridized carbons (Fsp3) is 0.133. The molecule has 0 radical (unpaired) electrons. The SMILES string of the molecule is CC(c1ccccc1)S(=O)[O-].[C-]#[O+].[C-]#[O+].[Fe+6].[c-]1[c-][c-][cH-][c-]1. The summed E-state index contributed by atoms with van der Waals surface area (Å²) in [6, 6.07) is 21.1. The van der Waals surface area contributed by atoms with Crippen LogP contribution >= 0.6 is 0 Å². The quantitative estimate of drug-likeness (QED) is 0.363. The van der Waals surface area contributed by atoms with Crippen molar-refractivity contribution in [2.75, 3.05) is 0 Å². The molecule has 2 aromatic carbocycles. The minimum Gasteiger partial charge on any atom is -0.999 e. The van der Waals surface area contributed by atoms with E-state index in [4.69, 9.17) is 9.30 Å². The van der Waals surface area contributed by atoms with Crippen LogP contribution in [0.4, 0.5) is 0 Å². The van der Waals surface area contributed by atoms with E-state index >= 15 is 0 Å². The molecule has 0 fully saturated rings. The van der Waals surface area contributed by atoms with Crippen LogP contribution in [0.5, 0.6) is 0 Å². The third-order valence-electron chi connectivity index (χ3n) is 1.91. The first-order chi connectivity index (χ1) is 9.72. The molecular weight excluding hydrogens is 332 g/mol. The van der Waals surface area contributed by atoms with Gasteiger partial charge >= 0.3 is 39.7 Å². The number of hydrogen-bond donors (Lipinski definition) is 0. The number of benzene rings is 1. The standard InChI is InChI=1S/C8H10O2S.C5H.2CO.Fe/c1-7(11(9)10)8-5-3-2-4-6-8;1-2-4-5-3-1;2*1-2;/h2-7H,1H3,(H,9,10);1H;;;/q;-5;;;+6/p-1. The molecule has 0 saturated heterocycles. The van der Waals surface area contributed by atoms with E-state index in [-0.39, 0.29) is 17.1 Å². The van der Waals surface area contributed by atoms with E-state index in [1.165, 1.54) is 0 Å². The Morgan fingerprint density at radius 1 is 1.14 bits per heavy atom. The van der Waals surface area contributed by atoms with Gasteiger partial charge in [-0.1, -0.05) is 30.3 Å². The van der Waals surface area contributed by atoms with Crippen LogP contribution in [0.15, 0.2) is 36.4 Å². The van der Waals surface area contributed by atoms with Crippen LogP contribution in [0.25, 0.3) is 0 Å². The summed E-state index contributed by atoms with van der Waals surface area (Å²) < 4.78 is 36.0. The van der Waals surface area contributed by atoms with Crippen LogP contribution in [-0.2, 0) is 37.5 Å². The van der Waals surface area contributed by atoms with Gasteiger partial charge in [0.1, 0.15) is 0 Å². The molecule has 2 unspecified atom stereocenters. The molecule has 2 rings (SSSR count). The molecule has 4 nitrogen and oxygen atoms in total. The van der Waals surface area contributed by atoms with Gasteiger partial charge in [-0.25, -0.2) is 0 Å². The van der Waals surface area contributed by atoms with Crippen molar-refractivity contribution >= 4 is 11.1 Å². The minimum atomic E-state index is -2.01. The second-order valence-corrected chi connectivity index (χ2v) is 4.22. The van der Waals surface area contributed by atoms with Crippen LogP contribution in [-0.4, -0.2) is 8.76 Å². The largest absolute Gasteiger partial charge is 6.00 e. The molecule has 0 heterocycles. The summed E-state index contributed by atoms with van der Waals surface area (Å²) in [5, 5.41) is -0.406. The molecule has 6 heteroatoms. The molecule has 0 aromatic heterocycles. The Balaban J connectivity index is -0.000000273. The average molecular weight is 342 g/mol. The molecule has 0 amide bonds. The smallest absolute Gasteiger partial charge is 0.999 e. The van der Waals surface area contributed by atoms with Crippen molar-refractivity contribution in [3.63, 3.8) is 0 Å². The number of hydrogen-bond acceptors (Lipinski definition) is 2. The van der Waals surface area contributed by atoms with Crippen molar-refractivity contribution < 1.29 is 35.1 Å². The van der Waals surface area contributed by atoms with Crippen molar-refractivity contribution in [2.24, 2.45) is 0 Å². The molecule has 0 spiro atoms. The topological polar surface area (TPSA) is 79.9 Å². The average Bonchev–Trinajstić information content (AvgIpc) is 3.11. The van der Waals surface area contributed by atoms with E-state index in [1.807, 2.05) is 18.2 Å². The van der Waals surface area contributed by atoms with Crippen molar-refractivity contribution in [1.82, 2.24) is 0 Å².